The molecule has 0 radical (unpaired) electrons. The van der Waals surface area contributed by atoms with E-state index < -0.39 is 0 Å². The summed E-state index contributed by atoms with van der Waals surface area (Å²) in [4.78, 5) is 0. The van der Waals surface area contributed by atoms with Gasteiger partial charge < -0.3 is 5.73 Å². The molecule has 0 atom stereocenters. The minimum absolute atomic E-state index is 0.343. The quantitative estimate of drug-likeness (QED) is 0.725. The molecule has 2 aromatic carbocycles. The number of tetrazole rings is 1. The van der Waals surface area contributed by atoms with Gasteiger partial charge in [-0.05, 0) is 41.1 Å². The van der Waals surface area contributed by atoms with Gasteiger partial charge in [-0.2, -0.15) is 4.68 Å². The first-order valence-corrected chi connectivity index (χ1v) is 6.06. The molecule has 0 aliphatic rings. The van der Waals surface area contributed by atoms with E-state index in [0.717, 1.165) is 11.1 Å². The van der Waals surface area contributed by atoms with Gasteiger partial charge in [-0.1, -0.05) is 24.3 Å². The Hall–Kier alpha value is -2.76. The van der Waals surface area contributed by atoms with Crippen molar-refractivity contribution in [3.05, 3.63) is 53.8 Å². The summed E-state index contributed by atoms with van der Waals surface area (Å²) >= 11 is 0. The first-order chi connectivity index (χ1) is 9.66. The highest BCUT2D eigenvalue weighted by atomic mass is 19.1. The lowest BCUT2D eigenvalue weighted by Gasteiger charge is -2.09. The van der Waals surface area contributed by atoms with E-state index in [1.807, 2.05) is 19.1 Å². The number of nitrogen functional groups attached to an aromatic ring is 1. The van der Waals surface area contributed by atoms with Gasteiger partial charge in [0.1, 0.15) is 11.5 Å². The van der Waals surface area contributed by atoms with E-state index >= 15 is 0 Å². The van der Waals surface area contributed by atoms with Crippen molar-refractivity contribution in [3.8, 4) is 17.1 Å². The first kappa shape index (κ1) is 12.3. The lowest BCUT2D eigenvalue weighted by molar-refractivity contribution is 0.606. The van der Waals surface area contributed by atoms with E-state index in [0.29, 0.717) is 17.2 Å². The van der Waals surface area contributed by atoms with Crippen LogP contribution in [0, 0.1) is 12.7 Å². The van der Waals surface area contributed by atoms with Crippen LogP contribution in [-0.2, 0) is 0 Å². The Balaban J connectivity index is 2.21. The van der Waals surface area contributed by atoms with E-state index in [4.69, 9.17) is 5.73 Å². The average Bonchev–Trinajstić information content (AvgIpc) is 2.87. The molecule has 5 nitrogen and oxygen atoms in total. The van der Waals surface area contributed by atoms with Gasteiger partial charge in [-0.25, -0.2) is 4.39 Å². The van der Waals surface area contributed by atoms with Gasteiger partial charge in [-0.3, -0.25) is 0 Å². The van der Waals surface area contributed by atoms with E-state index in [1.54, 1.807) is 24.3 Å². The number of halogens is 1. The van der Waals surface area contributed by atoms with Crippen LogP contribution in [0.15, 0.2) is 42.5 Å². The number of hydrogen-bond acceptors (Lipinski definition) is 4. The Bertz CT molecular complexity index is 746. The highest BCUT2D eigenvalue weighted by Gasteiger charge is 2.16. The number of nitrogens with zero attached hydrogens (tertiary/aromatic N) is 4. The molecule has 3 aromatic rings. The maximum atomic E-state index is 14.0. The molecule has 0 fully saturated rings. The molecule has 0 bridgehead atoms. The highest BCUT2D eigenvalue weighted by molar-refractivity contribution is 5.63. The number of aryl methyl sites for hydroxylation is 1. The number of hydrogen-bond donors (Lipinski definition) is 1. The monoisotopic (exact) mass is 269 g/mol. The SMILES string of the molecule is Cc1cccc(F)c1-n1nnnc1-c1cccc(N)c1. The third-order valence-electron chi connectivity index (χ3n) is 3.01. The third-order valence-corrected chi connectivity index (χ3v) is 3.01. The lowest BCUT2D eigenvalue weighted by Crippen LogP contribution is -2.05. The Morgan fingerprint density at radius 1 is 1.15 bits per heavy atom. The largest absolute Gasteiger partial charge is 0.399 e. The van der Waals surface area contributed by atoms with E-state index in [9.17, 15) is 4.39 Å². The van der Waals surface area contributed by atoms with Crippen LogP contribution in [0.5, 0.6) is 0 Å². The molecule has 1 heterocycles. The second kappa shape index (κ2) is 4.73. The van der Waals surface area contributed by atoms with Crippen molar-refractivity contribution in [2.45, 2.75) is 6.92 Å². The van der Waals surface area contributed by atoms with Crippen LogP contribution in [0.1, 0.15) is 5.56 Å². The molecule has 1 aromatic heterocycles. The predicted molar refractivity (Wildman–Crippen MR) is 73.7 cm³/mol. The van der Waals surface area contributed by atoms with Gasteiger partial charge in [0.25, 0.3) is 0 Å². The molecular formula is C14H12FN5. The van der Waals surface area contributed by atoms with Crippen LogP contribution >= 0.6 is 0 Å². The second-order valence-electron chi connectivity index (χ2n) is 4.45. The summed E-state index contributed by atoms with van der Waals surface area (Å²) in [5, 5.41) is 11.5. The van der Waals surface area contributed by atoms with Crippen LogP contribution in [0.25, 0.3) is 17.1 Å². The smallest absolute Gasteiger partial charge is 0.187 e. The molecule has 6 heteroatoms. The molecule has 2 N–H and O–H groups in total. The Morgan fingerprint density at radius 2 is 1.95 bits per heavy atom. The van der Waals surface area contributed by atoms with Crippen molar-refractivity contribution in [2.75, 3.05) is 5.73 Å². The summed E-state index contributed by atoms with van der Waals surface area (Å²) < 4.78 is 15.4. The fraction of sp³-hybridized carbons (Fsp3) is 0.0714. The molecule has 0 saturated carbocycles. The van der Waals surface area contributed by atoms with Gasteiger partial charge in [0, 0.05) is 11.3 Å². The number of rotatable bonds is 2. The van der Waals surface area contributed by atoms with E-state index in [1.165, 1.54) is 10.7 Å². The van der Waals surface area contributed by atoms with Crippen LogP contribution in [0.2, 0.25) is 0 Å². The van der Waals surface area contributed by atoms with Crippen molar-refractivity contribution >= 4 is 5.69 Å². The van der Waals surface area contributed by atoms with Crippen LogP contribution in [0.3, 0.4) is 0 Å². The first-order valence-electron chi connectivity index (χ1n) is 6.06. The Kier molecular flexibility index (Phi) is 2.90. The number of benzene rings is 2. The van der Waals surface area contributed by atoms with Crippen LogP contribution < -0.4 is 5.73 Å². The van der Waals surface area contributed by atoms with E-state index in [-0.39, 0.29) is 5.82 Å². The van der Waals surface area contributed by atoms with Crippen molar-refractivity contribution in [1.29, 1.82) is 0 Å². The molecule has 0 unspecified atom stereocenters. The zero-order valence-corrected chi connectivity index (χ0v) is 10.8. The fourth-order valence-electron chi connectivity index (χ4n) is 2.09. The minimum atomic E-state index is -0.373. The molecule has 0 aliphatic heterocycles. The molecule has 0 aliphatic carbocycles. The number of anilines is 1. The molecular weight excluding hydrogens is 257 g/mol. The fourth-order valence-corrected chi connectivity index (χ4v) is 2.09. The summed E-state index contributed by atoms with van der Waals surface area (Å²) in [6.45, 7) is 1.81. The number of para-hydroxylation sites is 1. The van der Waals surface area contributed by atoms with E-state index in [2.05, 4.69) is 15.5 Å². The highest BCUT2D eigenvalue weighted by Crippen LogP contribution is 2.24. The number of aromatic nitrogens is 4. The van der Waals surface area contributed by atoms with Gasteiger partial charge in [-0.15, -0.1) is 5.10 Å². The average molecular weight is 269 g/mol. The summed E-state index contributed by atoms with van der Waals surface area (Å²) in [6.07, 6.45) is 0. The van der Waals surface area contributed by atoms with Gasteiger partial charge in [0.15, 0.2) is 5.82 Å². The maximum absolute atomic E-state index is 14.0. The summed E-state index contributed by atoms with van der Waals surface area (Å²) in [5.41, 5.74) is 8.19. The maximum Gasteiger partial charge on any atom is 0.187 e. The van der Waals surface area contributed by atoms with Crippen molar-refractivity contribution < 1.29 is 4.39 Å². The summed E-state index contributed by atoms with van der Waals surface area (Å²) in [6, 6.07) is 12.0. The normalized spacial score (nSPS) is 10.7. The van der Waals surface area contributed by atoms with Gasteiger partial charge >= 0.3 is 0 Å². The zero-order chi connectivity index (χ0) is 14.1. The Morgan fingerprint density at radius 3 is 2.70 bits per heavy atom. The summed E-state index contributed by atoms with van der Waals surface area (Å²) in [5.74, 6) is 0.0768. The van der Waals surface area contributed by atoms with Crippen molar-refractivity contribution in [3.63, 3.8) is 0 Å². The van der Waals surface area contributed by atoms with Crippen LogP contribution in [0.4, 0.5) is 10.1 Å². The molecule has 0 spiro atoms. The van der Waals surface area contributed by atoms with Crippen molar-refractivity contribution in [1.82, 2.24) is 20.2 Å². The van der Waals surface area contributed by atoms with Gasteiger partial charge in [0.2, 0.25) is 0 Å². The topological polar surface area (TPSA) is 69.6 Å². The van der Waals surface area contributed by atoms with Crippen LogP contribution in [-0.4, -0.2) is 20.2 Å². The lowest BCUT2D eigenvalue weighted by atomic mass is 10.1. The summed E-state index contributed by atoms with van der Waals surface area (Å²) in [7, 11) is 0. The molecule has 100 valence electrons. The Labute approximate surface area is 114 Å². The van der Waals surface area contributed by atoms with Crippen molar-refractivity contribution in [2.24, 2.45) is 0 Å². The van der Waals surface area contributed by atoms with Gasteiger partial charge in [0.05, 0.1) is 0 Å². The predicted octanol–water partition coefficient (Wildman–Crippen LogP) is 2.36. The molecule has 20 heavy (non-hydrogen) atoms. The standard InChI is InChI=1S/C14H12FN5/c1-9-4-2-7-12(15)13(9)20-14(17-18-19-20)10-5-3-6-11(16)8-10/h2-8H,16H2,1H3. The molecule has 0 amide bonds. The third kappa shape index (κ3) is 2.01. The molecule has 0 saturated heterocycles. The zero-order valence-electron chi connectivity index (χ0n) is 10.8. The second-order valence-corrected chi connectivity index (χ2v) is 4.45. The number of nitrogens with two attached hydrogens (primary N) is 1. The molecule has 3 rings (SSSR count). The minimum Gasteiger partial charge on any atom is -0.399 e.